The predicted molar refractivity (Wildman–Crippen MR) is 55.3 cm³/mol. The van der Waals surface area contributed by atoms with Crippen molar-refractivity contribution >= 4 is 5.91 Å². The van der Waals surface area contributed by atoms with Gasteiger partial charge in [-0.2, -0.15) is 0 Å². The number of amides is 1. The van der Waals surface area contributed by atoms with E-state index in [1.54, 1.807) is 6.08 Å². The van der Waals surface area contributed by atoms with E-state index in [0.717, 1.165) is 6.42 Å². The minimum absolute atomic E-state index is 0.0698. The van der Waals surface area contributed by atoms with E-state index < -0.39 is 0 Å². The number of hydrogen-bond acceptors (Lipinski definition) is 2. The van der Waals surface area contributed by atoms with Crippen LogP contribution in [0, 0.1) is 0 Å². The van der Waals surface area contributed by atoms with Gasteiger partial charge in [0.2, 0.25) is 5.91 Å². The molecule has 0 bridgehead atoms. The van der Waals surface area contributed by atoms with Gasteiger partial charge in [-0.15, -0.1) is 6.58 Å². The van der Waals surface area contributed by atoms with Crippen molar-refractivity contribution in [1.29, 1.82) is 0 Å². The Bertz CT molecular complexity index is 170. The lowest BCUT2D eigenvalue weighted by Gasteiger charge is -2.17. The molecule has 0 aliphatic rings. The monoisotopic (exact) mass is 184 g/mol. The summed E-state index contributed by atoms with van der Waals surface area (Å²) >= 11 is 0. The number of carbonyl (C=O) groups excluding carboxylic acids is 1. The second-order valence-electron chi connectivity index (χ2n) is 3.92. The Morgan fingerprint density at radius 3 is 2.69 bits per heavy atom. The zero-order valence-corrected chi connectivity index (χ0v) is 8.60. The average Bonchev–Trinajstić information content (AvgIpc) is 2.00. The van der Waals surface area contributed by atoms with Crippen LogP contribution in [-0.4, -0.2) is 18.0 Å². The molecule has 0 fully saturated rings. The van der Waals surface area contributed by atoms with Crippen LogP contribution in [0.2, 0.25) is 0 Å². The summed E-state index contributed by atoms with van der Waals surface area (Å²) in [6.07, 6.45) is 3.82. The minimum Gasteiger partial charge on any atom is -0.356 e. The molecule has 0 aromatic carbocycles. The van der Waals surface area contributed by atoms with Gasteiger partial charge in [0.1, 0.15) is 0 Å². The van der Waals surface area contributed by atoms with E-state index in [-0.39, 0.29) is 11.4 Å². The average molecular weight is 184 g/mol. The zero-order chi connectivity index (χ0) is 10.3. The highest BCUT2D eigenvalue weighted by Gasteiger charge is 2.12. The van der Waals surface area contributed by atoms with Crippen molar-refractivity contribution in [3.8, 4) is 0 Å². The third-order valence-corrected chi connectivity index (χ3v) is 1.67. The minimum atomic E-state index is -0.254. The summed E-state index contributed by atoms with van der Waals surface area (Å²) in [5.74, 6) is 0.0698. The van der Waals surface area contributed by atoms with Gasteiger partial charge in [0.15, 0.2) is 0 Å². The van der Waals surface area contributed by atoms with Gasteiger partial charge in [-0.05, 0) is 26.7 Å². The first-order valence-corrected chi connectivity index (χ1v) is 4.62. The molecule has 0 heterocycles. The lowest BCUT2D eigenvalue weighted by molar-refractivity contribution is -0.121. The van der Waals surface area contributed by atoms with Crippen LogP contribution >= 0.6 is 0 Å². The SMILES string of the molecule is C=CCCNC(=O)CCC(C)(C)N. The Kier molecular flexibility index (Phi) is 5.39. The van der Waals surface area contributed by atoms with Crippen molar-refractivity contribution in [2.45, 2.75) is 38.6 Å². The fourth-order valence-corrected chi connectivity index (χ4v) is 0.838. The topological polar surface area (TPSA) is 55.1 Å². The van der Waals surface area contributed by atoms with Crippen LogP contribution in [0.1, 0.15) is 33.1 Å². The molecule has 0 aromatic rings. The molecule has 1 amide bonds. The van der Waals surface area contributed by atoms with Gasteiger partial charge in [-0.1, -0.05) is 6.08 Å². The van der Waals surface area contributed by atoms with Crippen molar-refractivity contribution in [2.24, 2.45) is 5.73 Å². The Morgan fingerprint density at radius 2 is 2.23 bits per heavy atom. The fraction of sp³-hybridized carbons (Fsp3) is 0.700. The van der Waals surface area contributed by atoms with Gasteiger partial charge in [-0.3, -0.25) is 4.79 Å². The first-order valence-electron chi connectivity index (χ1n) is 4.62. The van der Waals surface area contributed by atoms with Gasteiger partial charge < -0.3 is 11.1 Å². The molecule has 13 heavy (non-hydrogen) atoms. The molecule has 0 saturated heterocycles. The second-order valence-corrected chi connectivity index (χ2v) is 3.92. The molecule has 3 nitrogen and oxygen atoms in total. The molecule has 3 N–H and O–H groups in total. The quantitative estimate of drug-likeness (QED) is 0.481. The van der Waals surface area contributed by atoms with Crippen molar-refractivity contribution in [2.75, 3.05) is 6.54 Å². The van der Waals surface area contributed by atoms with Crippen LogP contribution in [0.4, 0.5) is 0 Å². The van der Waals surface area contributed by atoms with Gasteiger partial charge in [0.05, 0.1) is 0 Å². The maximum absolute atomic E-state index is 11.2. The number of hydrogen-bond donors (Lipinski definition) is 2. The van der Waals surface area contributed by atoms with E-state index >= 15 is 0 Å². The fourth-order valence-electron chi connectivity index (χ4n) is 0.838. The van der Waals surface area contributed by atoms with Crippen LogP contribution in [0.5, 0.6) is 0 Å². The molecule has 76 valence electrons. The highest BCUT2D eigenvalue weighted by Crippen LogP contribution is 2.06. The lowest BCUT2D eigenvalue weighted by Crippen LogP contribution is -2.34. The number of nitrogens with one attached hydrogen (secondary N) is 1. The highest BCUT2D eigenvalue weighted by molar-refractivity contribution is 5.75. The van der Waals surface area contributed by atoms with Crippen molar-refractivity contribution in [3.63, 3.8) is 0 Å². The largest absolute Gasteiger partial charge is 0.356 e. The third kappa shape index (κ3) is 9.08. The summed E-state index contributed by atoms with van der Waals surface area (Å²) in [7, 11) is 0. The normalized spacial score (nSPS) is 11.0. The Labute approximate surface area is 80.4 Å². The zero-order valence-electron chi connectivity index (χ0n) is 8.60. The van der Waals surface area contributed by atoms with Gasteiger partial charge in [0.25, 0.3) is 0 Å². The molecule has 0 saturated carbocycles. The Balaban J connectivity index is 3.46. The maximum atomic E-state index is 11.2. The summed E-state index contributed by atoms with van der Waals surface area (Å²) < 4.78 is 0. The molecular weight excluding hydrogens is 164 g/mol. The van der Waals surface area contributed by atoms with E-state index in [2.05, 4.69) is 11.9 Å². The van der Waals surface area contributed by atoms with Gasteiger partial charge >= 0.3 is 0 Å². The van der Waals surface area contributed by atoms with Crippen molar-refractivity contribution in [3.05, 3.63) is 12.7 Å². The van der Waals surface area contributed by atoms with E-state index in [1.165, 1.54) is 0 Å². The summed E-state index contributed by atoms with van der Waals surface area (Å²) in [6.45, 7) is 8.09. The summed E-state index contributed by atoms with van der Waals surface area (Å²) in [5.41, 5.74) is 5.49. The van der Waals surface area contributed by atoms with E-state index in [0.29, 0.717) is 19.4 Å². The predicted octanol–water partition coefficient (Wildman–Crippen LogP) is 1.20. The van der Waals surface area contributed by atoms with E-state index in [4.69, 9.17) is 5.73 Å². The first kappa shape index (κ1) is 12.2. The second kappa shape index (κ2) is 5.75. The van der Waals surface area contributed by atoms with Crippen molar-refractivity contribution < 1.29 is 4.79 Å². The molecule has 0 aliphatic carbocycles. The molecule has 0 radical (unpaired) electrons. The van der Waals surface area contributed by atoms with E-state index in [1.807, 2.05) is 13.8 Å². The van der Waals surface area contributed by atoms with Crippen LogP contribution in [-0.2, 0) is 4.79 Å². The lowest BCUT2D eigenvalue weighted by atomic mass is 10.00. The molecule has 3 heteroatoms. The summed E-state index contributed by atoms with van der Waals surface area (Å²) in [6, 6.07) is 0. The third-order valence-electron chi connectivity index (χ3n) is 1.67. The number of rotatable bonds is 6. The van der Waals surface area contributed by atoms with Gasteiger partial charge in [-0.25, -0.2) is 0 Å². The molecule has 0 spiro atoms. The van der Waals surface area contributed by atoms with Crippen molar-refractivity contribution in [1.82, 2.24) is 5.32 Å². The highest BCUT2D eigenvalue weighted by atomic mass is 16.1. The van der Waals surface area contributed by atoms with Crippen LogP contribution < -0.4 is 11.1 Å². The van der Waals surface area contributed by atoms with E-state index in [9.17, 15) is 4.79 Å². The van der Waals surface area contributed by atoms with Gasteiger partial charge in [0, 0.05) is 18.5 Å². The molecule has 0 aliphatic heterocycles. The summed E-state index contributed by atoms with van der Waals surface area (Å²) in [5, 5.41) is 2.79. The first-order chi connectivity index (χ1) is 5.95. The standard InChI is InChI=1S/C10H20N2O/c1-4-5-8-12-9(13)6-7-10(2,3)11/h4H,1,5-8,11H2,2-3H3,(H,12,13). The Hall–Kier alpha value is -0.830. The van der Waals surface area contributed by atoms with Crippen LogP contribution in [0.15, 0.2) is 12.7 Å². The molecule has 0 atom stereocenters. The van der Waals surface area contributed by atoms with Crippen LogP contribution in [0.25, 0.3) is 0 Å². The summed E-state index contributed by atoms with van der Waals surface area (Å²) in [4.78, 5) is 11.2. The smallest absolute Gasteiger partial charge is 0.220 e. The molecule has 0 unspecified atom stereocenters. The molecular formula is C10H20N2O. The number of carbonyl (C=O) groups is 1. The molecule has 0 rings (SSSR count). The number of nitrogens with two attached hydrogens (primary N) is 1. The maximum Gasteiger partial charge on any atom is 0.220 e. The van der Waals surface area contributed by atoms with Crippen LogP contribution in [0.3, 0.4) is 0 Å². The Morgan fingerprint density at radius 1 is 1.62 bits per heavy atom. The molecule has 0 aromatic heterocycles.